The highest BCUT2D eigenvalue weighted by molar-refractivity contribution is 6.05. The Labute approximate surface area is 158 Å². The zero-order chi connectivity index (χ0) is 18.4. The molecule has 0 aliphatic rings. The minimum atomic E-state index is -2.89. The first kappa shape index (κ1) is 21.9. The van der Waals surface area contributed by atoms with Crippen LogP contribution in [0.5, 0.6) is 5.75 Å². The minimum absolute atomic E-state index is 0. The average Bonchev–Trinajstić information content (AvgIpc) is 2.57. The second-order valence-corrected chi connectivity index (χ2v) is 5.71. The fourth-order valence-corrected chi connectivity index (χ4v) is 2.61. The maximum atomic E-state index is 12.6. The quantitative estimate of drug-likeness (QED) is 0.728. The lowest BCUT2D eigenvalue weighted by Gasteiger charge is -2.14. The van der Waals surface area contributed by atoms with Crippen LogP contribution in [0, 0.1) is 13.8 Å². The molecule has 2 aromatic carbocycles. The molecule has 0 aliphatic heterocycles. The zero-order valence-electron chi connectivity index (χ0n) is 14.9. The van der Waals surface area contributed by atoms with Gasteiger partial charge in [-0.3, -0.25) is 4.79 Å². The summed E-state index contributed by atoms with van der Waals surface area (Å²) in [6, 6.07) is 10.6. The molecular formula is C19H23ClF2N2O2. The van der Waals surface area contributed by atoms with Crippen molar-refractivity contribution in [2.45, 2.75) is 33.9 Å². The Balaban J connectivity index is 0.00000338. The molecule has 2 N–H and O–H groups in total. The van der Waals surface area contributed by atoms with Gasteiger partial charge in [0, 0.05) is 17.8 Å². The van der Waals surface area contributed by atoms with Crippen molar-refractivity contribution in [2.24, 2.45) is 0 Å². The van der Waals surface area contributed by atoms with Gasteiger partial charge in [-0.15, -0.1) is 12.4 Å². The number of halogens is 3. The first-order valence-corrected chi connectivity index (χ1v) is 8.08. The van der Waals surface area contributed by atoms with Crippen LogP contribution >= 0.6 is 12.4 Å². The maximum absolute atomic E-state index is 12.6. The first-order chi connectivity index (χ1) is 11.9. The number of ether oxygens (including phenoxy) is 1. The topological polar surface area (TPSA) is 50.4 Å². The second-order valence-electron chi connectivity index (χ2n) is 5.71. The highest BCUT2D eigenvalue weighted by Crippen LogP contribution is 2.27. The van der Waals surface area contributed by atoms with Gasteiger partial charge >= 0.3 is 6.61 Å². The largest absolute Gasteiger partial charge is 0.434 e. The summed E-state index contributed by atoms with van der Waals surface area (Å²) in [4.78, 5) is 12.6. The van der Waals surface area contributed by atoms with Gasteiger partial charge in [0.05, 0.1) is 0 Å². The van der Waals surface area contributed by atoms with Gasteiger partial charge in [0.2, 0.25) is 0 Å². The van der Waals surface area contributed by atoms with Crippen molar-refractivity contribution in [2.75, 3.05) is 11.9 Å². The van der Waals surface area contributed by atoms with Crippen molar-refractivity contribution in [1.29, 1.82) is 0 Å². The van der Waals surface area contributed by atoms with Crippen LogP contribution in [0.25, 0.3) is 0 Å². The second kappa shape index (κ2) is 10.1. The van der Waals surface area contributed by atoms with E-state index < -0.39 is 6.61 Å². The molecule has 0 bridgehead atoms. The molecule has 0 spiro atoms. The Morgan fingerprint density at radius 2 is 1.77 bits per heavy atom. The van der Waals surface area contributed by atoms with Crippen LogP contribution in [0.4, 0.5) is 14.5 Å². The number of alkyl halides is 2. The van der Waals surface area contributed by atoms with Crippen molar-refractivity contribution >= 4 is 24.0 Å². The standard InChI is InChI=1S/C19H22F2N2O2.ClH/c1-4-22-11-14-7-5-6-8-16(14)23-18(24)15-9-12(2)17(13(3)10-15)25-19(20)21;/h5-10,19,22H,4,11H2,1-3H3,(H,23,24);1H. The van der Waals surface area contributed by atoms with Gasteiger partial charge in [0.25, 0.3) is 5.91 Å². The van der Waals surface area contributed by atoms with Crippen LogP contribution in [-0.2, 0) is 6.54 Å². The summed E-state index contributed by atoms with van der Waals surface area (Å²) >= 11 is 0. The molecule has 0 radical (unpaired) electrons. The van der Waals surface area contributed by atoms with Crippen molar-refractivity contribution < 1.29 is 18.3 Å². The molecular weight excluding hydrogens is 362 g/mol. The molecule has 0 heterocycles. The van der Waals surface area contributed by atoms with E-state index in [0.717, 1.165) is 17.8 Å². The lowest BCUT2D eigenvalue weighted by Crippen LogP contribution is -2.17. The third-order valence-corrected chi connectivity index (χ3v) is 3.76. The van der Waals surface area contributed by atoms with Crippen LogP contribution < -0.4 is 15.4 Å². The highest BCUT2D eigenvalue weighted by atomic mass is 35.5. The summed E-state index contributed by atoms with van der Waals surface area (Å²) in [7, 11) is 0. The molecule has 0 aliphatic carbocycles. The van der Waals surface area contributed by atoms with E-state index in [2.05, 4.69) is 15.4 Å². The summed E-state index contributed by atoms with van der Waals surface area (Å²) < 4.78 is 29.5. The predicted molar refractivity (Wildman–Crippen MR) is 102 cm³/mol. The van der Waals surface area contributed by atoms with Gasteiger partial charge in [0.1, 0.15) is 5.75 Å². The van der Waals surface area contributed by atoms with E-state index >= 15 is 0 Å². The van der Waals surface area contributed by atoms with E-state index in [1.54, 1.807) is 26.0 Å². The molecule has 0 unspecified atom stereocenters. The van der Waals surface area contributed by atoms with Gasteiger partial charge < -0.3 is 15.4 Å². The van der Waals surface area contributed by atoms with Crippen LogP contribution in [0.3, 0.4) is 0 Å². The summed E-state index contributed by atoms with van der Waals surface area (Å²) in [5.74, 6) is -0.183. The van der Waals surface area contributed by atoms with Gasteiger partial charge in [-0.25, -0.2) is 0 Å². The zero-order valence-corrected chi connectivity index (χ0v) is 15.8. The Bertz CT molecular complexity index is 731. The Morgan fingerprint density at radius 1 is 1.15 bits per heavy atom. The normalized spacial score (nSPS) is 10.4. The molecule has 0 atom stereocenters. The van der Waals surface area contributed by atoms with Crippen molar-refractivity contribution in [3.63, 3.8) is 0 Å². The number of aryl methyl sites for hydroxylation is 2. The Morgan fingerprint density at radius 3 is 2.35 bits per heavy atom. The summed E-state index contributed by atoms with van der Waals surface area (Å²) in [6.07, 6.45) is 0. The highest BCUT2D eigenvalue weighted by Gasteiger charge is 2.15. The van der Waals surface area contributed by atoms with Crippen LogP contribution in [0.1, 0.15) is 34.0 Å². The molecule has 0 fully saturated rings. The molecule has 7 heteroatoms. The van der Waals surface area contributed by atoms with Crippen molar-refractivity contribution in [3.8, 4) is 5.75 Å². The minimum Gasteiger partial charge on any atom is -0.434 e. The monoisotopic (exact) mass is 384 g/mol. The smallest absolute Gasteiger partial charge is 0.387 e. The molecule has 0 aromatic heterocycles. The molecule has 26 heavy (non-hydrogen) atoms. The fourth-order valence-electron chi connectivity index (χ4n) is 2.61. The van der Waals surface area contributed by atoms with Crippen LogP contribution in [0.15, 0.2) is 36.4 Å². The number of carbonyl (C=O) groups excluding carboxylic acids is 1. The maximum Gasteiger partial charge on any atom is 0.387 e. The SMILES string of the molecule is CCNCc1ccccc1NC(=O)c1cc(C)c(OC(F)F)c(C)c1.Cl. The number of hydrogen-bond donors (Lipinski definition) is 2. The van der Waals surface area contributed by atoms with Gasteiger partial charge in [-0.1, -0.05) is 25.1 Å². The third kappa shape index (κ3) is 5.68. The van der Waals surface area contributed by atoms with Crippen LogP contribution in [0.2, 0.25) is 0 Å². The molecule has 0 saturated heterocycles. The van der Waals surface area contributed by atoms with E-state index in [9.17, 15) is 13.6 Å². The number of hydrogen-bond acceptors (Lipinski definition) is 3. The molecule has 2 rings (SSSR count). The Hall–Kier alpha value is -2.18. The number of anilines is 1. The van der Waals surface area contributed by atoms with E-state index in [0.29, 0.717) is 23.2 Å². The Kier molecular flexibility index (Phi) is 8.48. The summed E-state index contributed by atoms with van der Waals surface area (Å²) in [6.45, 7) is 3.87. The summed E-state index contributed by atoms with van der Waals surface area (Å²) in [5.41, 5.74) is 3.08. The lowest BCUT2D eigenvalue weighted by molar-refractivity contribution is -0.0507. The van der Waals surface area contributed by atoms with Crippen molar-refractivity contribution in [1.82, 2.24) is 5.32 Å². The van der Waals surface area contributed by atoms with Gasteiger partial charge in [-0.2, -0.15) is 8.78 Å². The molecule has 2 aromatic rings. The number of para-hydroxylation sites is 1. The van der Waals surface area contributed by atoms with E-state index in [-0.39, 0.29) is 24.1 Å². The fraction of sp³-hybridized carbons (Fsp3) is 0.316. The number of rotatable bonds is 7. The lowest BCUT2D eigenvalue weighted by atomic mass is 10.0. The number of nitrogens with one attached hydrogen (secondary N) is 2. The third-order valence-electron chi connectivity index (χ3n) is 3.76. The van der Waals surface area contributed by atoms with Crippen molar-refractivity contribution in [3.05, 3.63) is 58.7 Å². The molecule has 0 saturated carbocycles. The van der Waals surface area contributed by atoms with Gasteiger partial charge in [-0.05, 0) is 55.3 Å². The number of carbonyl (C=O) groups is 1. The van der Waals surface area contributed by atoms with E-state index in [1.807, 2.05) is 31.2 Å². The average molecular weight is 385 g/mol. The number of benzene rings is 2. The molecule has 142 valence electrons. The number of amides is 1. The molecule has 1 amide bonds. The first-order valence-electron chi connectivity index (χ1n) is 8.08. The summed E-state index contributed by atoms with van der Waals surface area (Å²) in [5, 5.41) is 6.11. The van der Waals surface area contributed by atoms with E-state index in [4.69, 9.17) is 0 Å². The molecule has 4 nitrogen and oxygen atoms in total. The van der Waals surface area contributed by atoms with Crippen LogP contribution in [-0.4, -0.2) is 19.1 Å². The predicted octanol–water partition coefficient (Wildman–Crippen LogP) is 4.69. The van der Waals surface area contributed by atoms with Gasteiger partial charge in [0.15, 0.2) is 0 Å². The van der Waals surface area contributed by atoms with E-state index in [1.165, 1.54) is 0 Å².